The minimum atomic E-state index is -3.52. The van der Waals surface area contributed by atoms with Gasteiger partial charge in [0.15, 0.2) is 9.84 Å². The zero-order valence-corrected chi connectivity index (χ0v) is 15.3. The molecule has 1 aliphatic carbocycles. The SMILES string of the molecule is COc1ccc([C@@H]2[C@@H](S(=O)(=O)c3ccc(C)cc3)C2(CN)CN)cc1. The number of aryl methyl sites for hydroxylation is 1. The number of hydrogen-bond donors (Lipinski definition) is 2. The van der Waals surface area contributed by atoms with Crippen molar-refractivity contribution in [2.45, 2.75) is 23.0 Å². The molecule has 5 nitrogen and oxygen atoms in total. The van der Waals surface area contributed by atoms with Crippen molar-refractivity contribution in [1.29, 1.82) is 0 Å². The number of ether oxygens (including phenoxy) is 1. The van der Waals surface area contributed by atoms with Gasteiger partial charge in [0.2, 0.25) is 0 Å². The predicted molar refractivity (Wildman–Crippen MR) is 98.4 cm³/mol. The molecule has 0 saturated heterocycles. The van der Waals surface area contributed by atoms with E-state index in [0.29, 0.717) is 4.90 Å². The molecular formula is C19H24N2O3S. The molecule has 1 aliphatic rings. The first kappa shape index (κ1) is 17.9. The molecule has 2 aromatic carbocycles. The highest BCUT2D eigenvalue weighted by molar-refractivity contribution is 7.92. The van der Waals surface area contributed by atoms with Crippen LogP contribution in [0.15, 0.2) is 53.4 Å². The first-order valence-electron chi connectivity index (χ1n) is 8.25. The summed E-state index contributed by atoms with van der Waals surface area (Å²) in [6.07, 6.45) is 0. The summed E-state index contributed by atoms with van der Waals surface area (Å²) in [5.41, 5.74) is 13.3. The summed E-state index contributed by atoms with van der Waals surface area (Å²) >= 11 is 0. The minimum Gasteiger partial charge on any atom is -0.497 e. The van der Waals surface area contributed by atoms with Crippen molar-refractivity contribution in [2.24, 2.45) is 16.9 Å². The molecular weight excluding hydrogens is 336 g/mol. The molecule has 2 atom stereocenters. The van der Waals surface area contributed by atoms with E-state index in [-0.39, 0.29) is 19.0 Å². The highest BCUT2D eigenvalue weighted by atomic mass is 32.2. The quantitative estimate of drug-likeness (QED) is 0.820. The van der Waals surface area contributed by atoms with Gasteiger partial charge in [-0.2, -0.15) is 0 Å². The van der Waals surface area contributed by atoms with Crippen molar-refractivity contribution in [3.8, 4) is 5.75 Å². The number of rotatable bonds is 6. The lowest BCUT2D eigenvalue weighted by molar-refractivity contribution is 0.414. The van der Waals surface area contributed by atoms with Gasteiger partial charge in [-0.1, -0.05) is 29.8 Å². The highest BCUT2D eigenvalue weighted by Crippen LogP contribution is 2.63. The molecule has 6 heteroatoms. The van der Waals surface area contributed by atoms with Gasteiger partial charge in [-0.05, 0) is 36.8 Å². The Balaban J connectivity index is 2.02. The average Bonchev–Trinajstić information content (AvgIpc) is 3.33. The Labute approximate surface area is 148 Å². The van der Waals surface area contributed by atoms with Crippen LogP contribution in [-0.2, 0) is 9.84 Å². The second-order valence-electron chi connectivity index (χ2n) is 6.67. The van der Waals surface area contributed by atoms with Crippen LogP contribution < -0.4 is 16.2 Å². The third kappa shape index (κ3) is 2.84. The van der Waals surface area contributed by atoms with Gasteiger partial charge in [0.05, 0.1) is 17.3 Å². The zero-order valence-electron chi connectivity index (χ0n) is 14.5. The van der Waals surface area contributed by atoms with E-state index in [2.05, 4.69) is 0 Å². The van der Waals surface area contributed by atoms with Crippen LogP contribution in [0, 0.1) is 12.3 Å². The molecule has 0 aliphatic heterocycles. The monoisotopic (exact) mass is 360 g/mol. The zero-order chi connectivity index (χ0) is 18.2. The van der Waals surface area contributed by atoms with Crippen LogP contribution in [0.5, 0.6) is 5.75 Å². The molecule has 134 valence electrons. The third-order valence-electron chi connectivity index (χ3n) is 5.30. The van der Waals surface area contributed by atoms with E-state index >= 15 is 0 Å². The maximum absolute atomic E-state index is 13.2. The Kier molecular flexibility index (Phi) is 4.62. The van der Waals surface area contributed by atoms with Crippen molar-refractivity contribution >= 4 is 9.84 Å². The number of sulfone groups is 1. The molecule has 0 amide bonds. The van der Waals surface area contributed by atoms with Gasteiger partial charge in [-0.25, -0.2) is 8.42 Å². The second kappa shape index (κ2) is 6.44. The Hall–Kier alpha value is -1.89. The topological polar surface area (TPSA) is 95.4 Å². The maximum Gasteiger partial charge on any atom is 0.182 e. The van der Waals surface area contributed by atoms with Crippen molar-refractivity contribution < 1.29 is 13.2 Å². The van der Waals surface area contributed by atoms with Gasteiger partial charge in [0, 0.05) is 24.4 Å². The lowest BCUT2D eigenvalue weighted by Gasteiger charge is -2.13. The number of benzene rings is 2. The molecule has 0 heterocycles. The van der Waals surface area contributed by atoms with Gasteiger partial charge < -0.3 is 16.2 Å². The number of nitrogens with two attached hydrogens (primary N) is 2. The lowest BCUT2D eigenvalue weighted by Crippen LogP contribution is -2.31. The van der Waals surface area contributed by atoms with Gasteiger partial charge in [0.1, 0.15) is 5.75 Å². The Morgan fingerprint density at radius 1 is 1.00 bits per heavy atom. The van der Waals surface area contributed by atoms with E-state index in [1.54, 1.807) is 19.2 Å². The Bertz CT molecular complexity index is 841. The van der Waals surface area contributed by atoms with E-state index < -0.39 is 20.5 Å². The maximum atomic E-state index is 13.2. The van der Waals surface area contributed by atoms with E-state index in [1.807, 2.05) is 43.3 Å². The summed E-state index contributed by atoms with van der Waals surface area (Å²) in [4.78, 5) is 0.324. The van der Waals surface area contributed by atoms with E-state index in [9.17, 15) is 8.42 Å². The normalized spacial score (nSPS) is 21.8. The van der Waals surface area contributed by atoms with Crippen LogP contribution >= 0.6 is 0 Å². The summed E-state index contributed by atoms with van der Waals surface area (Å²) < 4.78 is 31.6. The molecule has 0 aromatic heterocycles. The molecule has 4 N–H and O–H groups in total. The van der Waals surface area contributed by atoms with Crippen molar-refractivity contribution in [3.05, 3.63) is 59.7 Å². The standard InChI is InChI=1S/C19H24N2O3S/c1-13-3-9-16(10-4-13)25(22,23)18-17(19(18,11-20)12-21)14-5-7-15(24-2)8-6-14/h3-10,17-18H,11-12,20-21H2,1-2H3/t17-,18-/m1/s1. The van der Waals surface area contributed by atoms with Gasteiger partial charge in [0.25, 0.3) is 0 Å². The fraction of sp³-hybridized carbons (Fsp3) is 0.368. The summed E-state index contributed by atoms with van der Waals surface area (Å²) in [5.74, 6) is 0.521. The highest BCUT2D eigenvalue weighted by Gasteiger charge is 2.69. The first-order chi connectivity index (χ1) is 11.9. The Morgan fingerprint density at radius 3 is 2.04 bits per heavy atom. The van der Waals surface area contributed by atoms with E-state index in [1.165, 1.54) is 0 Å². The van der Waals surface area contributed by atoms with E-state index in [0.717, 1.165) is 16.9 Å². The van der Waals surface area contributed by atoms with Crippen molar-refractivity contribution in [1.82, 2.24) is 0 Å². The summed E-state index contributed by atoms with van der Waals surface area (Å²) in [5, 5.41) is -0.605. The van der Waals surface area contributed by atoms with Gasteiger partial charge >= 0.3 is 0 Å². The smallest absolute Gasteiger partial charge is 0.182 e. The van der Waals surface area contributed by atoms with Crippen LogP contribution in [0.4, 0.5) is 0 Å². The fourth-order valence-electron chi connectivity index (χ4n) is 3.70. The minimum absolute atomic E-state index is 0.209. The Morgan fingerprint density at radius 2 is 1.56 bits per heavy atom. The predicted octanol–water partition coefficient (Wildman–Crippen LogP) is 1.85. The average molecular weight is 360 g/mol. The molecule has 3 rings (SSSR count). The van der Waals surface area contributed by atoms with Gasteiger partial charge in [-0.3, -0.25) is 0 Å². The molecule has 2 aromatic rings. The molecule has 0 spiro atoms. The van der Waals surface area contributed by atoms with Crippen LogP contribution in [0.25, 0.3) is 0 Å². The van der Waals surface area contributed by atoms with Crippen molar-refractivity contribution in [2.75, 3.05) is 20.2 Å². The van der Waals surface area contributed by atoms with Crippen molar-refractivity contribution in [3.63, 3.8) is 0 Å². The van der Waals surface area contributed by atoms with Crippen LogP contribution in [0.3, 0.4) is 0 Å². The second-order valence-corrected chi connectivity index (χ2v) is 8.74. The van der Waals surface area contributed by atoms with E-state index in [4.69, 9.17) is 16.2 Å². The third-order valence-corrected chi connectivity index (χ3v) is 7.64. The number of methoxy groups -OCH3 is 1. The molecule has 25 heavy (non-hydrogen) atoms. The summed E-state index contributed by atoms with van der Waals surface area (Å²) in [6, 6.07) is 14.4. The van der Waals surface area contributed by atoms with Crippen LogP contribution in [0.2, 0.25) is 0 Å². The molecule has 0 bridgehead atoms. The number of hydrogen-bond acceptors (Lipinski definition) is 5. The lowest BCUT2D eigenvalue weighted by atomic mass is 9.99. The first-order valence-corrected chi connectivity index (χ1v) is 9.80. The van der Waals surface area contributed by atoms with Crippen LogP contribution in [0.1, 0.15) is 17.0 Å². The molecule has 0 radical (unpaired) electrons. The fourth-order valence-corrected chi connectivity index (χ4v) is 6.18. The van der Waals surface area contributed by atoms with Gasteiger partial charge in [-0.15, -0.1) is 0 Å². The van der Waals surface area contributed by atoms with Crippen LogP contribution in [-0.4, -0.2) is 33.9 Å². The molecule has 1 saturated carbocycles. The molecule has 1 fully saturated rings. The largest absolute Gasteiger partial charge is 0.497 e. The summed E-state index contributed by atoms with van der Waals surface area (Å²) in [7, 11) is -1.92. The summed E-state index contributed by atoms with van der Waals surface area (Å²) in [6.45, 7) is 2.39. The molecule has 0 unspecified atom stereocenters.